The number of allylic oxidation sites excluding steroid dienone is 5. The fourth-order valence-electron chi connectivity index (χ4n) is 2.09. The summed E-state index contributed by atoms with van der Waals surface area (Å²) in [5.74, 6) is 0.182. The van der Waals surface area contributed by atoms with Gasteiger partial charge >= 0.3 is 0 Å². The quantitative estimate of drug-likeness (QED) is 0.656. The number of halogens is 2. The number of aromatic nitrogens is 3. The maximum absolute atomic E-state index is 14.0. The van der Waals surface area contributed by atoms with Crippen molar-refractivity contribution < 1.29 is 9.13 Å². The molecule has 3 N–H and O–H groups in total. The predicted octanol–water partition coefficient (Wildman–Crippen LogP) is 4.27. The van der Waals surface area contributed by atoms with E-state index < -0.39 is 5.83 Å². The van der Waals surface area contributed by atoms with Gasteiger partial charge in [0, 0.05) is 29.7 Å². The van der Waals surface area contributed by atoms with Crippen LogP contribution < -0.4 is 15.8 Å². The molecule has 2 rings (SSSR count). The van der Waals surface area contributed by atoms with E-state index in [1.165, 1.54) is 12.3 Å². The number of aryl methyl sites for hydroxylation is 1. The summed E-state index contributed by atoms with van der Waals surface area (Å²) >= 11 is 6.00. The molecule has 2 aromatic rings. The zero-order chi connectivity index (χ0) is 19.8. The highest BCUT2D eigenvalue weighted by molar-refractivity contribution is 6.31. The molecule has 0 aliphatic carbocycles. The molecule has 0 unspecified atom stereocenters. The van der Waals surface area contributed by atoms with Gasteiger partial charge in [-0.15, -0.1) is 0 Å². The van der Waals surface area contributed by atoms with Crippen molar-refractivity contribution in [2.75, 3.05) is 18.5 Å². The summed E-state index contributed by atoms with van der Waals surface area (Å²) in [6, 6.07) is 1.80. The Kier molecular flexibility index (Phi) is 7.45. The number of nitrogens with zero attached hydrogens (tertiary/aromatic N) is 3. The van der Waals surface area contributed by atoms with E-state index in [9.17, 15) is 4.39 Å². The van der Waals surface area contributed by atoms with Crippen LogP contribution in [0, 0.1) is 6.92 Å². The van der Waals surface area contributed by atoms with Crippen LogP contribution in [0.5, 0.6) is 5.75 Å². The molecule has 0 aliphatic heterocycles. The molecule has 0 aromatic carbocycles. The van der Waals surface area contributed by atoms with E-state index in [-0.39, 0.29) is 18.0 Å². The third kappa shape index (κ3) is 5.60. The summed E-state index contributed by atoms with van der Waals surface area (Å²) in [4.78, 5) is 12.6. The van der Waals surface area contributed by atoms with Gasteiger partial charge in [0.15, 0.2) is 17.4 Å². The van der Waals surface area contributed by atoms with Gasteiger partial charge in [-0.25, -0.2) is 14.4 Å². The van der Waals surface area contributed by atoms with Crippen LogP contribution in [0.3, 0.4) is 0 Å². The smallest absolute Gasteiger partial charge is 0.180 e. The number of nitrogens with one attached hydrogen (secondary N) is 1. The van der Waals surface area contributed by atoms with Crippen LogP contribution in [0.2, 0.25) is 0 Å². The number of pyridine rings is 1. The third-order valence-electron chi connectivity index (χ3n) is 3.50. The van der Waals surface area contributed by atoms with Gasteiger partial charge in [-0.05, 0) is 31.6 Å². The van der Waals surface area contributed by atoms with Crippen molar-refractivity contribution in [3.8, 4) is 5.75 Å². The van der Waals surface area contributed by atoms with Crippen molar-refractivity contribution in [1.29, 1.82) is 0 Å². The zero-order valence-corrected chi connectivity index (χ0v) is 15.9. The van der Waals surface area contributed by atoms with E-state index in [1.54, 1.807) is 31.5 Å². The second kappa shape index (κ2) is 9.80. The Morgan fingerprint density at radius 2 is 2.22 bits per heavy atom. The van der Waals surface area contributed by atoms with Crippen molar-refractivity contribution in [2.24, 2.45) is 5.73 Å². The molecule has 0 radical (unpaired) electrons. The molecule has 8 heteroatoms. The van der Waals surface area contributed by atoms with Crippen LogP contribution in [0.4, 0.5) is 15.9 Å². The summed E-state index contributed by atoms with van der Waals surface area (Å²) in [6.07, 6.45) is 7.87. The number of anilines is 2. The standard InChI is InChI=1S/C19H21ClFN5O/c1-4-14(20)9-15(13(3)21)18-24-11-17(27-8-6-22)19(26-18)25-16-5-7-23-10-12(16)2/h4-5,7,9-11H,3,6,8,22H2,1-2H3,(H,23,24,25,26)/b14-4+,15-9+. The first-order valence-corrected chi connectivity index (χ1v) is 8.60. The molecule has 0 aliphatic rings. The second-order valence-corrected chi connectivity index (χ2v) is 5.93. The molecule has 0 amide bonds. The molecule has 0 bridgehead atoms. The van der Waals surface area contributed by atoms with Gasteiger partial charge in [-0.3, -0.25) is 4.98 Å². The van der Waals surface area contributed by atoms with Crippen LogP contribution in [0.15, 0.2) is 54.2 Å². The predicted molar refractivity (Wildman–Crippen MR) is 107 cm³/mol. The lowest BCUT2D eigenvalue weighted by Gasteiger charge is -2.14. The van der Waals surface area contributed by atoms with Gasteiger partial charge in [0.1, 0.15) is 12.4 Å². The Morgan fingerprint density at radius 3 is 2.85 bits per heavy atom. The molecule has 0 saturated carbocycles. The Bertz CT molecular complexity index is 882. The number of hydrogen-bond donors (Lipinski definition) is 2. The maximum atomic E-state index is 14.0. The highest BCUT2D eigenvalue weighted by Gasteiger charge is 2.15. The highest BCUT2D eigenvalue weighted by Crippen LogP contribution is 2.30. The van der Waals surface area contributed by atoms with Gasteiger partial charge in [0.2, 0.25) is 0 Å². The fourth-order valence-corrected chi connectivity index (χ4v) is 2.20. The summed E-state index contributed by atoms with van der Waals surface area (Å²) in [5.41, 5.74) is 7.28. The van der Waals surface area contributed by atoms with E-state index in [2.05, 4.69) is 26.8 Å². The summed E-state index contributed by atoms with van der Waals surface area (Å²) in [5, 5.41) is 3.51. The van der Waals surface area contributed by atoms with Gasteiger partial charge in [-0.2, -0.15) is 0 Å². The van der Waals surface area contributed by atoms with Crippen molar-refractivity contribution in [3.05, 3.63) is 65.6 Å². The fraction of sp³-hybridized carbons (Fsp3) is 0.211. The molecule has 0 saturated heterocycles. The van der Waals surface area contributed by atoms with Crippen LogP contribution >= 0.6 is 11.6 Å². The van der Waals surface area contributed by atoms with Crippen LogP contribution in [-0.2, 0) is 0 Å². The van der Waals surface area contributed by atoms with E-state index in [0.29, 0.717) is 23.1 Å². The van der Waals surface area contributed by atoms with Gasteiger partial charge in [0.05, 0.1) is 11.8 Å². The first-order valence-electron chi connectivity index (χ1n) is 8.22. The molecule has 2 aromatic heterocycles. The summed E-state index contributed by atoms with van der Waals surface area (Å²) < 4.78 is 19.6. The first kappa shape index (κ1) is 20.5. The monoisotopic (exact) mass is 389 g/mol. The topological polar surface area (TPSA) is 86.0 Å². The molecular weight excluding hydrogens is 369 g/mol. The average Bonchev–Trinajstić information content (AvgIpc) is 2.66. The van der Waals surface area contributed by atoms with Crippen molar-refractivity contribution in [2.45, 2.75) is 13.8 Å². The van der Waals surface area contributed by atoms with Crippen molar-refractivity contribution in [3.63, 3.8) is 0 Å². The van der Waals surface area contributed by atoms with E-state index >= 15 is 0 Å². The lowest BCUT2D eigenvalue weighted by atomic mass is 10.2. The number of rotatable bonds is 8. The minimum atomic E-state index is -0.698. The molecule has 2 heterocycles. The minimum Gasteiger partial charge on any atom is -0.487 e. The average molecular weight is 390 g/mol. The molecule has 0 spiro atoms. The largest absolute Gasteiger partial charge is 0.487 e. The summed E-state index contributed by atoms with van der Waals surface area (Å²) in [6.45, 7) is 7.60. The molecule has 0 atom stereocenters. The van der Waals surface area contributed by atoms with Crippen LogP contribution in [0.1, 0.15) is 18.3 Å². The Balaban J connectivity index is 2.51. The SMILES string of the molecule is C=C(F)/C(=C\C(Cl)=C/C)c1ncc(OCCN)c(Nc2ccncc2C)n1. The van der Waals surface area contributed by atoms with E-state index in [1.807, 2.05) is 6.92 Å². The minimum absolute atomic E-state index is 0.0815. The van der Waals surface area contributed by atoms with Crippen LogP contribution in [0.25, 0.3) is 5.57 Å². The number of ether oxygens (including phenoxy) is 1. The van der Waals surface area contributed by atoms with E-state index in [4.69, 9.17) is 22.1 Å². The maximum Gasteiger partial charge on any atom is 0.180 e. The Morgan fingerprint density at radius 1 is 1.44 bits per heavy atom. The normalized spacial score (nSPS) is 12.0. The molecule has 6 nitrogen and oxygen atoms in total. The third-order valence-corrected chi connectivity index (χ3v) is 3.82. The highest BCUT2D eigenvalue weighted by atomic mass is 35.5. The second-order valence-electron chi connectivity index (χ2n) is 5.50. The lowest BCUT2D eigenvalue weighted by Crippen LogP contribution is -2.13. The van der Waals surface area contributed by atoms with Gasteiger partial charge in [0.25, 0.3) is 0 Å². The summed E-state index contributed by atoms with van der Waals surface area (Å²) in [7, 11) is 0. The van der Waals surface area contributed by atoms with Gasteiger partial charge in [-0.1, -0.05) is 24.3 Å². The Labute approximate surface area is 162 Å². The van der Waals surface area contributed by atoms with Crippen molar-refractivity contribution >= 4 is 28.7 Å². The van der Waals surface area contributed by atoms with Crippen molar-refractivity contribution in [1.82, 2.24) is 15.0 Å². The molecular formula is C19H21ClFN5O. The van der Waals surface area contributed by atoms with Crippen LogP contribution in [-0.4, -0.2) is 28.1 Å². The zero-order valence-electron chi connectivity index (χ0n) is 15.2. The van der Waals surface area contributed by atoms with Gasteiger partial charge < -0.3 is 15.8 Å². The Hall–Kier alpha value is -2.77. The lowest BCUT2D eigenvalue weighted by molar-refractivity contribution is 0.327. The van der Waals surface area contributed by atoms with E-state index in [0.717, 1.165) is 11.3 Å². The number of nitrogens with two attached hydrogens (primary N) is 1. The molecule has 27 heavy (non-hydrogen) atoms. The first-order chi connectivity index (χ1) is 13.0. The number of hydrogen-bond acceptors (Lipinski definition) is 6. The molecule has 0 fully saturated rings. The molecule has 142 valence electrons.